The quantitative estimate of drug-likeness (QED) is 0.588. The molecule has 3 aromatic rings. The van der Waals surface area contributed by atoms with E-state index in [0.29, 0.717) is 36.0 Å². The van der Waals surface area contributed by atoms with E-state index < -0.39 is 10.0 Å². The van der Waals surface area contributed by atoms with Crippen LogP contribution in [0.4, 0.5) is 5.69 Å². The van der Waals surface area contributed by atoms with Gasteiger partial charge in [-0.05, 0) is 61.4 Å². The number of fused-ring (bicyclic) bond motifs is 1. The molecule has 32 heavy (non-hydrogen) atoms. The lowest BCUT2D eigenvalue weighted by Gasteiger charge is -2.21. The normalized spacial score (nSPS) is 13.8. The third-order valence-corrected chi connectivity index (χ3v) is 6.70. The van der Waals surface area contributed by atoms with Gasteiger partial charge in [0.05, 0.1) is 10.9 Å². The molecule has 1 heterocycles. The van der Waals surface area contributed by atoms with Gasteiger partial charge in [-0.25, -0.2) is 8.42 Å². The Kier molecular flexibility index (Phi) is 6.05. The first-order chi connectivity index (χ1) is 15.3. The summed E-state index contributed by atoms with van der Waals surface area (Å²) in [5.74, 6) is 0.951. The van der Waals surface area contributed by atoms with Crippen molar-refractivity contribution in [1.82, 2.24) is 5.32 Å². The highest BCUT2D eigenvalue weighted by atomic mass is 32.2. The van der Waals surface area contributed by atoms with Gasteiger partial charge in [0.2, 0.25) is 0 Å². The van der Waals surface area contributed by atoms with Crippen molar-refractivity contribution < 1.29 is 22.7 Å². The van der Waals surface area contributed by atoms with Gasteiger partial charge in [-0.2, -0.15) is 0 Å². The monoisotopic (exact) mass is 452 g/mol. The van der Waals surface area contributed by atoms with E-state index >= 15 is 0 Å². The van der Waals surface area contributed by atoms with Crippen molar-refractivity contribution >= 4 is 21.6 Å². The van der Waals surface area contributed by atoms with Gasteiger partial charge in [0.25, 0.3) is 15.9 Å². The smallest absolute Gasteiger partial charge is 0.262 e. The number of aryl methyl sites for hydroxylation is 1. The number of hydrogen-bond acceptors (Lipinski definition) is 5. The largest absolute Gasteiger partial charge is 0.486 e. The first kappa shape index (κ1) is 21.7. The minimum absolute atomic E-state index is 0.0565. The standard InChI is InChI=1S/C24H24N2O5S/c1-16-8-9-19(15-23(16)32(28,29)26-20-6-4-3-5-7-20)24(27)25-17(2)18-10-11-21-22(14-18)31-13-12-30-21/h3-11,14-15,17,26H,12-13H2,1-2H3,(H,25,27)/t17-/m1/s1. The summed E-state index contributed by atoms with van der Waals surface area (Å²) in [6.07, 6.45) is 0. The number of sulfonamides is 1. The van der Waals surface area contributed by atoms with Crippen LogP contribution >= 0.6 is 0 Å². The molecule has 7 nitrogen and oxygen atoms in total. The van der Waals surface area contributed by atoms with Crippen molar-refractivity contribution in [3.63, 3.8) is 0 Å². The minimum Gasteiger partial charge on any atom is -0.486 e. The highest BCUT2D eigenvalue weighted by Gasteiger charge is 2.21. The third-order valence-electron chi connectivity index (χ3n) is 5.18. The highest BCUT2D eigenvalue weighted by Crippen LogP contribution is 2.32. The van der Waals surface area contributed by atoms with Crippen molar-refractivity contribution in [2.45, 2.75) is 24.8 Å². The molecule has 0 spiro atoms. The van der Waals surface area contributed by atoms with E-state index in [1.165, 1.54) is 6.07 Å². The van der Waals surface area contributed by atoms with Gasteiger partial charge in [-0.3, -0.25) is 9.52 Å². The summed E-state index contributed by atoms with van der Waals surface area (Å²) in [7, 11) is -3.85. The number of hydrogen-bond donors (Lipinski definition) is 2. The van der Waals surface area contributed by atoms with E-state index in [2.05, 4.69) is 10.0 Å². The van der Waals surface area contributed by atoms with E-state index in [0.717, 1.165) is 5.56 Å². The lowest BCUT2D eigenvalue weighted by Crippen LogP contribution is -2.27. The van der Waals surface area contributed by atoms with Gasteiger partial charge in [0.1, 0.15) is 13.2 Å². The average Bonchev–Trinajstić information content (AvgIpc) is 2.79. The summed E-state index contributed by atoms with van der Waals surface area (Å²) in [5.41, 5.74) is 2.11. The molecule has 166 valence electrons. The zero-order chi connectivity index (χ0) is 22.7. The van der Waals surface area contributed by atoms with Crippen LogP contribution in [0.15, 0.2) is 71.6 Å². The molecule has 0 bridgehead atoms. The Hall–Kier alpha value is -3.52. The Morgan fingerprint density at radius 1 is 0.938 bits per heavy atom. The van der Waals surface area contributed by atoms with E-state index in [1.807, 2.05) is 25.1 Å². The van der Waals surface area contributed by atoms with Gasteiger partial charge >= 0.3 is 0 Å². The van der Waals surface area contributed by atoms with Crippen LogP contribution in [0.2, 0.25) is 0 Å². The predicted octanol–water partition coefficient (Wildman–Crippen LogP) is 4.06. The number of ether oxygens (including phenoxy) is 2. The molecule has 3 aromatic carbocycles. The van der Waals surface area contributed by atoms with Crippen molar-refractivity contribution in [1.29, 1.82) is 0 Å². The SMILES string of the molecule is Cc1ccc(C(=O)N[C@H](C)c2ccc3c(c2)OCCO3)cc1S(=O)(=O)Nc1ccccc1. The van der Waals surface area contributed by atoms with Crippen LogP contribution in [0.3, 0.4) is 0 Å². The average molecular weight is 453 g/mol. The van der Waals surface area contributed by atoms with Crippen molar-refractivity contribution in [2.24, 2.45) is 0 Å². The summed E-state index contributed by atoms with van der Waals surface area (Å²) in [6.45, 7) is 4.54. The number of carbonyl (C=O) groups excluding carboxylic acids is 1. The number of rotatable bonds is 6. The van der Waals surface area contributed by atoms with Gasteiger partial charge in [0.15, 0.2) is 11.5 Å². The Balaban J connectivity index is 1.53. The van der Waals surface area contributed by atoms with Gasteiger partial charge in [-0.1, -0.05) is 30.3 Å². The van der Waals surface area contributed by atoms with Crippen LogP contribution in [0.25, 0.3) is 0 Å². The van der Waals surface area contributed by atoms with Crippen LogP contribution in [0.5, 0.6) is 11.5 Å². The molecule has 0 saturated carbocycles. The number of para-hydroxylation sites is 1. The first-order valence-electron chi connectivity index (χ1n) is 10.2. The summed E-state index contributed by atoms with van der Waals surface area (Å²) in [4.78, 5) is 12.9. The Morgan fingerprint density at radius 3 is 2.41 bits per heavy atom. The zero-order valence-electron chi connectivity index (χ0n) is 17.8. The molecule has 0 unspecified atom stereocenters. The maximum absolute atomic E-state index is 12.9. The summed E-state index contributed by atoms with van der Waals surface area (Å²) in [6, 6.07) is 18.5. The highest BCUT2D eigenvalue weighted by molar-refractivity contribution is 7.92. The lowest BCUT2D eigenvalue weighted by atomic mass is 10.1. The molecule has 0 aromatic heterocycles. The maximum atomic E-state index is 12.9. The molecule has 0 saturated heterocycles. The number of benzene rings is 3. The minimum atomic E-state index is -3.85. The van der Waals surface area contributed by atoms with Gasteiger partial charge < -0.3 is 14.8 Å². The van der Waals surface area contributed by atoms with Crippen LogP contribution in [-0.4, -0.2) is 27.5 Å². The fourth-order valence-electron chi connectivity index (χ4n) is 3.44. The van der Waals surface area contributed by atoms with E-state index in [1.54, 1.807) is 49.4 Å². The second-order valence-corrected chi connectivity index (χ2v) is 9.20. The van der Waals surface area contributed by atoms with Crippen LogP contribution in [0.1, 0.15) is 34.5 Å². The number of amides is 1. The molecule has 0 fully saturated rings. The predicted molar refractivity (Wildman–Crippen MR) is 122 cm³/mol. The molecule has 0 aliphatic carbocycles. The molecule has 4 rings (SSSR count). The molecular formula is C24H24N2O5S. The molecular weight excluding hydrogens is 428 g/mol. The number of nitrogens with one attached hydrogen (secondary N) is 2. The van der Waals surface area contributed by atoms with E-state index in [-0.39, 0.29) is 22.4 Å². The second-order valence-electron chi connectivity index (χ2n) is 7.55. The lowest BCUT2D eigenvalue weighted by molar-refractivity contribution is 0.0939. The molecule has 2 N–H and O–H groups in total. The van der Waals surface area contributed by atoms with Gasteiger partial charge in [-0.15, -0.1) is 0 Å². The van der Waals surface area contributed by atoms with Crippen LogP contribution in [-0.2, 0) is 10.0 Å². The van der Waals surface area contributed by atoms with E-state index in [9.17, 15) is 13.2 Å². The van der Waals surface area contributed by atoms with Crippen LogP contribution < -0.4 is 19.5 Å². The number of carbonyl (C=O) groups is 1. The Bertz CT molecular complexity index is 1240. The van der Waals surface area contributed by atoms with Crippen LogP contribution in [0, 0.1) is 6.92 Å². The molecule has 1 aliphatic rings. The second kappa shape index (κ2) is 8.92. The topological polar surface area (TPSA) is 93.7 Å². The third kappa shape index (κ3) is 4.70. The van der Waals surface area contributed by atoms with E-state index in [4.69, 9.17) is 9.47 Å². The maximum Gasteiger partial charge on any atom is 0.262 e. The summed E-state index contributed by atoms with van der Waals surface area (Å²) >= 11 is 0. The molecule has 8 heteroatoms. The van der Waals surface area contributed by atoms with Crippen molar-refractivity contribution in [3.8, 4) is 11.5 Å². The fraction of sp³-hybridized carbons (Fsp3) is 0.208. The Labute approximate surface area is 187 Å². The summed E-state index contributed by atoms with van der Waals surface area (Å²) in [5, 5.41) is 2.92. The molecule has 1 atom stereocenters. The summed E-state index contributed by atoms with van der Waals surface area (Å²) < 4.78 is 39.5. The molecule has 1 amide bonds. The first-order valence-corrected chi connectivity index (χ1v) is 11.7. The van der Waals surface area contributed by atoms with Crippen molar-refractivity contribution in [2.75, 3.05) is 17.9 Å². The number of anilines is 1. The molecule has 1 aliphatic heterocycles. The fourth-order valence-corrected chi connectivity index (χ4v) is 4.77. The Morgan fingerprint density at radius 2 is 1.66 bits per heavy atom. The van der Waals surface area contributed by atoms with Crippen molar-refractivity contribution in [3.05, 3.63) is 83.4 Å². The molecule has 0 radical (unpaired) electrons. The zero-order valence-corrected chi connectivity index (χ0v) is 18.6. The van der Waals surface area contributed by atoms with Gasteiger partial charge in [0, 0.05) is 11.3 Å².